The second kappa shape index (κ2) is 9.68. The normalized spacial score (nSPS) is 10.7. The number of rotatable bonds is 9. The van der Waals surface area contributed by atoms with Crippen molar-refractivity contribution in [3.05, 3.63) is 65.3 Å². The molecule has 0 bridgehead atoms. The van der Waals surface area contributed by atoms with Gasteiger partial charge in [-0.25, -0.2) is 4.79 Å². The number of aryl methyl sites for hydroxylation is 1. The van der Waals surface area contributed by atoms with Crippen LogP contribution in [-0.2, 0) is 18.0 Å². The maximum Gasteiger partial charge on any atom is 0.387 e. The van der Waals surface area contributed by atoms with Gasteiger partial charge in [-0.3, -0.25) is 0 Å². The van der Waals surface area contributed by atoms with Gasteiger partial charge in [0.1, 0.15) is 12.4 Å². The summed E-state index contributed by atoms with van der Waals surface area (Å²) in [7, 11) is 1.33. The number of benzene rings is 2. The van der Waals surface area contributed by atoms with E-state index in [1.807, 2.05) is 0 Å². The van der Waals surface area contributed by atoms with Crippen LogP contribution < -0.4 is 14.2 Å². The molecule has 10 heteroatoms. The van der Waals surface area contributed by atoms with Gasteiger partial charge < -0.3 is 23.5 Å². The highest BCUT2D eigenvalue weighted by Crippen LogP contribution is 2.29. The second-order valence-corrected chi connectivity index (χ2v) is 5.98. The lowest BCUT2D eigenvalue weighted by atomic mass is 10.2. The molecule has 0 aliphatic carbocycles. The number of hydrogen-bond donors (Lipinski definition) is 0. The Bertz CT molecular complexity index is 991. The fourth-order valence-electron chi connectivity index (χ4n) is 2.46. The lowest BCUT2D eigenvalue weighted by Gasteiger charge is -2.12. The number of nitrogens with zero attached hydrogens (tertiary/aromatic N) is 2. The molecule has 0 saturated carbocycles. The molecule has 3 aromatic rings. The topological polar surface area (TPSA) is 92.9 Å². The molecule has 0 amide bonds. The third-order valence-corrected chi connectivity index (χ3v) is 3.84. The summed E-state index contributed by atoms with van der Waals surface area (Å²) in [5.74, 6) is 0.837. The van der Waals surface area contributed by atoms with Crippen LogP contribution in [0.5, 0.6) is 17.2 Å². The zero-order valence-corrected chi connectivity index (χ0v) is 16.1. The molecule has 0 spiro atoms. The van der Waals surface area contributed by atoms with Gasteiger partial charge in [-0.2, -0.15) is 13.8 Å². The number of carbonyl (C=O) groups is 1. The van der Waals surface area contributed by atoms with Crippen LogP contribution in [0.2, 0.25) is 0 Å². The van der Waals surface area contributed by atoms with E-state index in [0.717, 1.165) is 0 Å². The van der Waals surface area contributed by atoms with E-state index in [4.69, 9.17) is 18.7 Å². The smallest absolute Gasteiger partial charge is 0.387 e. The summed E-state index contributed by atoms with van der Waals surface area (Å²) >= 11 is 0. The number of esters is 1. The molecule has 0 radical (unpaired) electrons. The van der Waals surface area contributed by atoms with Crippen LogP contribution in [0, 0.1) is 6.92 Å². The lowest BCUT2D eigenvalue weighted by Crippen LogP contribution is -2.06. The third-order valence-electron chi connectivity index (χ3n) is 3.84. The third kappa shape index (κ3) is 5.66. The van der Waals surface area contributed by atoms with Crippen molar-refractivity contribution in [3.63, 3.8) is 0 Å². The molecule has 158 valence electrons. The first-order valence-electron chi connectivity index (χ1n) is 8.75. The van der Waals surface area contributed by atoms with Gasteiger partial charge in [0.05, 0.1) is 12.7 Å². The Hall–Kier alpha value is -3.69. The zero-order chi connectivity index (χ0) is 21.5. The Morgan fingerprint density at radius 1 is 1.10 bits per heavy atom. The quantitative estimate of drug-likeness (QED) is 0.481. The van der Waals surface area contributed by atoms with Gasteiger partial charge in [0.25, 0.3) is 0 Å². The van der Waals surface area contributed by atoms with Gasteiger partial charge >= 0.3 is 12.6 Å². The van der Waals surface area contributed by atoms with E-state index in [1.54, 1.807) is 31.2 Å². The van der Waals surface area contributed by atoms with Crippen molar-refractivity contribution in [1.29, 1.82) is 0 Å². The van der Waals surface area contributed by atoms with Gasteiger partial charge in [-0.15, -0.1) is 0 Å². The molecule has 0 atom stereocenters. The van der Waals surface area contributed by atoms with Crippen LogP contribution in [0.25, 0.3) is 0 Å². The van der Waals surface area contributed by atoms with Gasteiger partial charge in [0.2, 0.25) is 11.7 Å². The molecule has 0 N–H and O–H groups in total. The van der Waals surface area contributed by atoms with Crippen LogP contribution >= 0.6 is 0 Å². The highest BCUT2D eigenvalue weighted by atomic mass is 19.3. The molecular weight excluding hydrogens is 402 g/mol. The average Bonchev–Trinajstić information content (AvgIpc) is 3.16. The van der Waals surface area contributed by atoms with Crippen LogP contribution in [0.15, 0.2) is 47.0 Å². The molecule has 3 rings (SSSR count). The Morgan fingerprint density at radius 2 is 1.87 bits per heavy atom. The number of aromatic nitrogens is 2. The van der Waals surface area contributed by atoms with Crippen molar-refractivity contribution < 1.29 is 37.0 Å². The van der Waals surface area contributed by atoms with Crippen molar-refractivity contribution in [2.75, 3.05) is 7.11 Å². The monoisotopic (exact) mass is 420 g/mol. The highest BCUT2D eigenvalue weighted by Gasteiger charge is 2.13. The van der Waals surface area contributed by atoms with Crippen molar-refractivity contribution >= 4 is 5.97 Å². The largest absolute Gasteiger partial charge is 0.493 e. The van der Waals surface area contributed by atoms with Crippen molar-refractivity contribution in [3.8, 4) is 17.2 Å². The minimum Gasteiger partial charge on any atom is -0.493 e. The predicted molar refractivity (Wildman–Crippen MR) is 98.6 cm³/mol. The van der Waals surface area contributed by atoms with Gasteiger partial charge in [0.15, 0.2) is 18.1 Å². The minimum atomic E-state index is -2.97. The van der Waals surface area contributed by atoms with Crippen LogP contribution in [0.4, 0.5) is 8.78 Å². The molecular formula is C20H18F2N2O6. The summed E-state index contributed by atoms with van der Waals surface area (Å²) in [5, 5.41) is 3.72. The van der Waals surface area contributed by atoms with E-state index < -0.39 is 12.6 Å². The summed E-state index contributed by atoms with van der Waals surface area (Å²) in [5.41, 5.74) is 0.875. The van der Waals surface area contributed by atoms with Crippen LogP contribution in [-0.4, -0.2) is 29.8 Å². The average molecular weight is 420 g/mol. The number of ether oxygens (including phenoxy) is 4. The first-order valence-corrected chi connectivity index (χ1v) is 8.75. The standard InChI is InChI=1S/C20H18F2N2O6/c1-12-23-18(24-30-12)11-27-15-6-4-14(5-7-15)19(25)28-10-13-3-8-16(29-20(21)22)17(9-13)26-2/h3-9,20H,10-11H2,1-2H3. The van der Waals surface area contributed by atoms with Crippen LogP contribution in [0.1, 0.15) is 27.6 Å². The van der Waals surface area contributed by atoms with Gasteiger partial charge in [0, 0.05) is 6.92 Å². The molecule has 0 saturated heterocycles. The Balaban J connectivity index is 1.54. The number of alkyl halides is 2. The molecule has 0 unspecified atom stereocenters. The van der Waals surface area contributed by atoms with Crippen molar-refractivity contribution in [2.24, 2.45) is 0 Å². The van der Waals surface area contributed by atoms with Gasteiger partial charge in [-0.1, -0.05) is 11.2 Å². The summed E-state index contributed by atoms with van der Waals surface area (Å²) in [6.45, 7) is -1.22. The molecule has 30 heavy (non-hydrogen) atoms. The number of hydrogen-bond acceptors (Lipinski definition) is 8. The minimum absolute atomic E-state index is 0.0699. The number of carbonyl (C=O) groups excluding carboxylic acids is 1. The zero-order valence-electron chi connectivity index (χ0n) is 16.1. The summed E-state index contributed by atoms with van der Waals surface area (Å²) in [6, 6.07) is 10.6. The van der Waals surface area contributed by atoms with E-state index in [0.29, 0.717) is 28.6 Å². The summed E-state index contributed by atoms with van der Waals surface area (Å²) < 4.78 is 49.8. The van der Waals surface area contributed by atoms with Gasteiger partial charge in [-0.05, 0) is 42.0 Å². The van der Waals surface area contributed by atoms with E-state index in [9.17, 15) is 13.6 Å². The molecule has 0 aliphatic heterocycles. The van der Waals surface area contributed by atoms with E-state index in [1.165, 1.54) is 25.3 Å². The van der Waals surface area contributed by atoms with E-state index >= 15 is 0 Å². The Labute approximate surface area is 170 Å². The van der Waals surface area contributed by atoms with Crippen molar-refractivity contribution in [1.82, 2.24) is 10.1 Å². The molecule has 2 aromatic carbocycles. The molecule has 0 fully saturated rings. The lowest BCUT2D eigenvalue weighted by molar-refractivity contribution is -0.0512. The maximum absolute atomic E-state index is 12.4. The predicted octanol–water partition coefficient (Wildman–Crippen LogP) is 3.92. The van der Waals surface area contributed by atoms with E-state index in [-0.39, 0.29) is 24.7 Å². The molecule has 1 heterocycles. The number of methoxy groups -OCH3 is 1. The fourth-order valence-corrected chi connectivity index (χ4v) is 2.46. The van der Waals surface area contributed by atoms with Crippen molar-refractivity contribution in [2.45, 2.75) is 26.7 Å². The summed E-state index contributed by atoms with van der Waals surface area (Å²) in [4.78, 5) is 16.3. The Kier molecular flexibility index (Phi) is 6.79. The SMILES string of the molecule is COc1cc(COC(=O)c2ccc(OCc3noc(C)n3)cc2)ccc1OC(F)F. The highest BCUT2D eigenvalue weighted by molar-refractivity contribution is 5.89. The van der Waals surface area contributed by atoms with E-state index in [2.05, 4.69) is 14.9 Å². The summed E-state index contributed by atoms with van der Waals surface area (Å²) in [6.07, 6.45) is 0. The van der Waals surface area contributed by atoms with Crippen LogP contribution in [0.3, 0.4) is 0 Å². The fraction of sp³-hybridized carbons (Fsp3) is 0.250. The number of halogens is 2. The molecule has 8 nitrogen and oxygen atoms in total. The maximum atomic E-state index is 12.4. The molecule has 0 aliphatic rings. The first-order chi connectivity index (χ1) is 14.4. The molecule has 1 aromatic heterocycles. The first kappa shape index (κ1) is 21.0. The Morgan fingerprint density at radius 3 is 2.50 bits per heavy atom. The second-order valence-electron chi connectivity index (χ2n) is 5.98.